The summed E-state index contributed by atoms with van der Waals surface area (Å²) >= 11 is 0. The van der Waals surface area contributed by atoms with Crippen LogP contribution in [0.3, 0.4) is 0 Å². The molecule has 0 aliphatic rings. The Kier molecular flexibility index (Phi) is 7.09. The van der Waals surface area contributed by atoms with Crippen LogP contribution in [0.2, 0.25) is 0 Å². The third-order valence-corrected chi connectivity index (χ3v) is 2.99. The van der Waals surface area contributed by atoms with Crippen LogP contribution in [0, 0.1) is 6.92 Å². The lowest BCUT2D eigenvalue weighted by Crippen LogP contribution is -2.50. The Hall–Kier alpha value is -1.84. The second-order valence-electron chi connectivity index (χ2n) is 4.82. The van der Waals surface area contributed by atoms with Crippen LogP contribution >= 0.6 is 0 Å². The SMILES string of the molecule is Cc1ccc(/C=N/NC(=O)C(O)C(O)C(O)C(O)CO)cc1. The zero-order valence-electron chi connectivity index (χ0n) is 12.0. The topological polar surface area (TPSA) is 143 Å². The number of aliphatic hydroxyl groups excluding tert-OH is 5. The molecule has 1 aromatic carbocycles. The summed E-state index contributed by atoms with van der Waals surface area (Å²) in [4.78, 5) is 11.6. The molecule has 0 bridgehead atoms. The van der Waals surface area contributed by atoms with Crippen LogP contribution in [0.1, 0.15) is 11.1 Å². The van der Waals surface area contributed by atoms with Gasteiger partial charge in [-0.1, -0.05) is 29.8 Å². The molecule has 0 fully saturated rings. The molecule has 1 aromatic rings. The van der Waals surface area contributed by atoms with E-state index in [9.17, 15) is 20.1 Å². The highest BCUT2D eigenvalue weighted by atomic mass is 16.4. The Bertz CT molecular complexity index is 505. The van der Waals surface area contributed by atoms with E-state index in [0.717, 1.165) is 11.1 Å². The Labute approximate surface area is 127 Å². The second kappa shape index (κ2) is 8.57. The van der Waals surface area contributed by atoms with E-state index in [1.807, 2.05) is 24.5 Å². The largest absolute Gasteiger partial charge is 0.394 e. The average Bonchev–Trinajstić information content (AvgIpc) is 2.53. The highest BCUT2D eigenvalue weighted by Crippen LogP contribution is 2.05. The van der Waals surface area contributed by atoms with E-state index < -0.39 is 36.9 Å². The van der Waals surface area contributed by atoms with Crippen molar-refractivity contribution in [2.24, 2.45) is 5.10 Å². The monoisotopic (exact) mass is 312 g/mol. The van der Waals surface area contributed by atoms with Crippen LogP contribution in [-0.2, 0) is 4.79 Å². The lowest BCUT2D eigenvalue weighted by molar-refractivity contribution is -0.148. The van der Waals surface area contributed by atoms with E-state index >= 15 is 0 Å². The summed E-state index contributed by atoms with van der Waals surface area (Å²) in [6.45, 7) is 1.10. The van der Waals surface area contributed by atoms with Gasteiger partial charge in [-0.15, -0.1) is 0 Å². The number of nitrogens with one attached hydrogen (secondary N) is 1. The zero-order chi connectivity index (χ0) is 16.7. The fourth-order valence-corrected chi connectivity index (χ4v) is 1.57. The number of nitrogens with zero attached hydrogens (tertiary/aromatic N) is 1. The van der Waals surface area contributed by atoms with Gasteiger partial charge in [0.2, 0.25) is 0 Å². The third-order valence-electron chi connectivity index (χ3n) is 2.99. The molecule has 4 unspecified atom stereocenters. The van der Waals surface area contributed by atoms with Gasteiger partial charge in [0, 0.05) is 0 Å². The number of aliphatic hydroxyl groups is 5. The average molecular weight is 312 g/mol. The molecule has 4 atom stereocenters. The van der Waals surface area contributed by atoms with Crippen LogP contribution in [0.15, 0.2) is 29.4 Å². The molecule has 0 saturated carbocycles. The molecule has 1 rings (SSSR count). The number of benzene rings is 1. The van der Waals surface area contributed by atoms with Gasteiger partial charge in [0.15, 0.2) is 6.10 Å². The Morgan fingerprint density at radius 3 is 2.32 bits per heavy atom. The summed E-state index contributed by atoms with van der Waals surface area (Å²) in [6.07, 6.45) is -6.17. The van der Waals surface area contributed by atoms with E-state index in [0.29, 0.717) is 0 Å². The zero-order valence-corrected chi connectivity index (χ0v) is 12.0. The molecule has 8 nitrogen and oxygen atoms in total. The molecule has 1 amide bonds. The van der Waals surface area contributed by atoms with Crippen molar-refractivity contribution >= 4 is 12.1 Å². The summed E-state index contributed by atoms with van der Waals surface area (Å²) in [6, 6.07) is 7.26. The van der Waals surface area contributed by atoms with Gasteiger partial charge >= 0.3 is 0 Å². The molecule has 22 heavy (non-hydrogen) atoms. The first-order chi connectivity index (χ1) is 10.4. The van der Waals surface area contributed by atoms with Crippen molar-refractivity contribution in [2.75, 3.05) is 6.61 Å². The molecule has 0 aromatic heterocycles. The van der Waals surface area contributed by atoms with Crippen molar-refractivity contribution in [3.63, 3.8) is 0 Å². The van der Waals surface area contributed by atoms with Crippen molar-refractivity contribution in [1.82, 2.24) is 5.43 Å². The number of hydrogen-bond donors (Lipinski definition) is 6. The molecular formula is C14H20N2O6. The number of rotatable bonds is 7. The number of hydrazone groups is 1. The maximum atomic E-state index is 11.6. The second-order valence-corrected chi connectivity index (χ2v) is 4.82. The van der Waals surface area contributed by atoms with E-state index in [4.69, 9.17) is 10.2 Å². The number of aryl methyl sites for hydroxylation is 1. The van der Waals surface area contributed by atoms with Crippen molar-refractivity contribution < 1.29 is 30.3 Å². The van der Waals surface area contributed by atoms with Crippen molar-refractivity contribution in [2.45, 2.75) is 31.3 Å². The van der Waals surface area contributed by atoms with Gasteiger partial charge in [0.05, 0.1) is 12.8 Å². The minimum absolute atomic E-state index is 0.719. The Morgan fingerprint density at radius 1 is 1.18 bits per heavy atom. The van der Waals surface area contributed by atoms with Crippen LogP contribution in [0.5, 0.6) is 0 Å². The molecule has 0 spiro atoms. The summed E-state index contributed by atoms with van der Waals surface area (Å²) in [5, 5.41) is 49.9. The Morgan fingerprint density at radius 2 is 1.77 bits per heavy atom. The van der Waals surface area contributed by atoms with Gasteiger partial charge in [0.1, 0.15) is 18.3 Å². The van der Waals surface area contributed by atoms with Gasteiger partial charge in [0.25, 0.3) is 5.91 Å². The van der Waals surface area contributed by atoms with Gasteiger partial charge in [-0.05, 0) is 12.5 Å². The standard InChI is InChI=1S/C14H20N2O6/c1-8-2-4-9(5-3-8)6-15-16-14(22)13(21)12(20)11(19)10(18)7-17/h2-6,10-13,17-21H,7H2,1H3,(H,16,22)/b15-6+. The molecule has 0 radical (unpaired) electrons. The first-order valence-corrected chi connectivity index (χ1v) is 6.59. The molecule has 0 aliphatic heterocycles. The lowest BCUT2D eigenvalue weighted by atomic mass is 10.0. The van der Waals surface area contributed by atoms with Crippen LogP contribution in [-0.4, -0.2) is 68.7 Å². The minimum atomic E-state index is -2.01. The first-order valence-electron chi connectivity index (χ1n) is 6.59. The Balaban J connectivity index is 2.55. The highest BCUT2D eigenvalue weighted by molar-refractivity contribution is 5.84. The predicted molar refractivity (Wildman–Crippen MR) is 78.0 cm³/mol. The lowest BCUT2D eigenvalue weighted by Gasteiger charge is -2.24. The fraction of sp³-hybridized carbons (Fsp3) is 0.429. The summed E-state index contributed by atoms with van der Waals surface area (Å²) in [5.74, 6) is -1.06. The van der Waals surface area contributed by atoms with Gasteiger partial charge in [-0.3, -0.25) is 4.79 Å². The van der Waals surface area contributed by atoms with Gasteiger partial charge < -0.3 is 25.5 Å². The third kappa shape index (κ3) is 5.17. The maximum absolute atomic E-state index is 11.6. The number of carbonyl (C=O) groups excluding carboxylic acids is 1. The maximum Gasteiger partial charge on any atom is 0.271 e. The number of amides is 1. The normalized spacial score (nSPS) is 17.0. The van der Waals surface area contributed by atoms with Crippen molar-refractivity contribution in [3.8, 4) is 0 Å². The molecule has 0 saturated heterocycles. The molecule has 0 aliphatic carbocycles. The fourth-order valence-electron chi connectivity index (χ4n) is 1.57. The molecule has 8 heteroatoms. The predicted octanol–water partition coefficient (Wildman–Crippen LogP) is -2.12. The van der Waals surface area contributed by atoms with E-state index in [1.165, 1.54) is 6.21 Å². The quantitative estimate of drug-likeness (QED) is 0.251. The molecule has 0 heterocycles. The van der Waals surface area contributed by atoms with Crippen LogP contribution in [0.4, 0.5) is 0 Å². The molecular weight excluding hydrogens is 292 g/mol. The summed E-state index contributed by atoms with van der Waals surface area (Å²) in [7, 11) is 0. The smallest absolute Gasteiger partial charge is 0.271 e. The molecule has 6 N–H and O–H groups in total. The minimum Gasteiger partial charge on any atom is -0.394 e. The number of hydrogen-bond acceptors (Lipinski definition) is 7. The molecule has 122 valence electrons. The van der Waals surface area contributed by atoms with Gasteiger partial charge in [-0.25, -0.2) is 5.43 Å². The van der Waals surface area contributed by atoms with E-state index in [-0.39, 0.29) is 0 Å². The van der Waals surface area contributed by atoms with Crippen LogP contribution in [0.25, 0.3) is 0 Å². The van der Waals surface area contributed by atoms with Gasteiger partial charge in [-0.2, -0.15) is 5.10 Å². The van der Waals surface area contributed by atoms with E-state index in [2.05, 4.69) is 5.10 Å². The van der Waals surface area contributed by atoms with E-state index in [1.54, 1.807) is 12.1 Å². The number of carbonyl (C=O) groups is 1. The summed E-state index contributed by atoms with van der Waals surface area (Å²) in [5.41, 5.74) is 3.79. The van der Waals surface area contributed by atoms with Crippen LogP contribution < -0.4 is 5.43 Å². The first kappa shape index (κ1) is 18.2. The highest BCUT2D eigenvalue weighted by Gasteiger charge is 2.34. The van der Waals surface area contributed by atoms with Crippen molar-refractivity contribution in [3.05, 3.63) is 35.4 Å². The summed E-state index contributed by atoms with van der Waals surface area (Å²) < 4.78 is 0. The van der Waals surface area contributed by atoms with Crippen molar-refractivity contribution in [1.29, 1.82) is 0 Å².